The summed E-state index contributed by atoms with van der Waals surface area (Å²) < 4.78 is 24.3. The van der Waals surface area contributed by atoms with Crippen molar-refractivity contribution in [2.45, 2.75) is 26.1 Å². The van der Waals surface area contributed by atoms with Gasteiger partial charge in [0.2, 0.25) is 0 Å². The lowest BCUT2D eigenvalue weighted by Crippen LogP contribution is -2.18. The molecule has 3 rings (SSSR count). The van der Waals surface area contributed by atoms with Gasteiger partial charge >= 0.3 is 0 Å². The predicted octanol–water partition coefficient (Wildman–Crippen LogP) is 5.69. The fourth-order valence-corrected chi connectivity index (χ4v) is 2.81. The van der Waals surface area contributed by atoms with Crippen LogP contribution in [0.15, 0.2) is 72.8 Å². The van der Waals surface area contributed by atoms with E-state index < -0.39 is 0 Å². The third kappa shape index (κ3) is 5.98. The molecule has 3 nitrogen and oxygen atoms in total. The Kier molecular flexibility index (Phi) is 8.30. The Bertz CT molecular complexity index is 856. The van der Waals surface area contributed by atoms with E-state index in [-0.39, 0.29) is 24.3 Å². The molecule has 0 aliphatic heterocycles. The highest BCUT2D eigenvalue weighted by atomic mass is 35.5. The summed E-state index contributed by atoms with van der Waals surface area (Å²) in [5.74, 6) is 1.10. The number of methoxy groups -OCH3 is 1. The minimum Gasteiger partial charge on any atom is -0.493 e. The van der Waals surface area contributed by atoms with E-state index >= 15 is 0 Å². The molecule has 1 atom stereocenters. The Morgan fingerprint density at radius 1 is 0.893 bits per heavy atom. The largest absolute Gasteiger partial charge is 0.493 e. The molecule has 0 radical (unpaired) electrons. The van der Waals surface area contributed by atoms with E-state index in [2.05, 4.69) is 24.4 Å². The van der Waals surface area contributed by atoms with Crippen molar-refractivity contribution in [3.05, 3.63) is 95.3 Å². The van der Waals surface area contributed by atoms with Gasteiger partial charge in [-0.05, 0) is 47.9 Å². The second-order valence-electron chi connectivity index (χ2n) is 6.41. The van der Waals surface area contributed by atoms with Crippen LogP contribution >= 0.6 is 12.4 Å². The van der Waals surface area contributed by atoms with Gasteiger partial charge in [0.05, 0.1) is 7.11 Å². The molecule has 0 heterocycles. The summed E-state index contributed by atoms with van der Waals surface area (Å²) in [5.41, 5.74) is 3.27. The maximum atomic E-state index is 13.0. The molecule has 0 aliphatic rings. The van der Waals surface area contributed by atoms with Gasteiger partial charge in [0, 0.05) is 12.6 Å². The van der Waals surface area contributed by atoms with Gasteiger partial charge < -0.3 is 14.8 Å². The quantitative estimate of drug-likeness (QED) is 0.526. The number of hydrogen-bond acceptors (Lipinski definition) is 3. The van der Waals surface area contributed by atoms with E-state index in [0.717, 1.165) is 17.7 Å². The summed E-state index contributed by atoms with van der Waals surface area (Å²) in [4.78, 5) is 0. The topological polar surface area (TPSA) is 30.5 Å². The van der Waals surface area contributed by atoms with Crippen LogP contribution < -0.4 is 14.8 Å². The van der Waals surface area contributed by atoms with Gasteiger partial charge in [-0.2, -0.15) is 0 Å². The van der Waals surface area contributed by atoms with Gasteiger partial charge in [0.25, 0.3) is 0 Å². The van der Waals surface area contributed by atoms with Gasteiger partial charge in [0.15, 0.2) is 11.5 Å². The fourth-order valence-electron chi connectivity index (χ4n) is 2.81. The van der Waals surface area contributed by atoms with Crippen molar-refractivity contribution in [1.29, 1.82) is 0 Å². The lowest BCUT2D eigenvalue weighted by molar-refractivity contribution is 0.284. The van der Waals surface area contributed by atoms with Crippen LogP contribution in [-0.4, -0.2) is 7.11 Å². The van der Waals surface area contributed by atoms with Crippen LogP contribution in [0.25, 0.3) is 0 Å². The second-order valence-corrected chi connectivity index (χ2v) is 6.41. The summed E-state index contributed by atoms with van der Waals surface area (Å²) in [6.45, 7) is 3.23. The van der Waals surface area contributed by atoms with Crippen LogP contribution in [0, 0.1) is 5.82 Å². The predicted molar refractivity (Wildman–Crippen MR) is 113 cm³/mol. The van der Waals surface area contributed by atoms with Crippen LogP contribution in [0.2, 0.25) is 0 Å². The highest BCUT2D eigenvalue weighted by Gasteiger charge is 2.08. The monoisotopic (exact) mass is 401 g/mol. The van der Waals surface area contributed by atoms with Crippen molar-refractivity contribution < 1.29 is 13.9 Å². The van der Waals surface area contributed by atoms with Crippen molar-refractivity contribution in [3.63, 3.8) is 0 Å². The van der Waals surface area contributed by atoms with Gasteiger partial charge in [0.1, 0.15) is 12.4 Å². The minimum absolute atomic E-state index is 0. The molecule has 0 spiro atoms. The highest BCUT2D eigenvalue weighted by molar-refractivity contribution is 5.85. The number of ether oxygens (including phenoxy) is 2. The van der Waals surface area contributed by atoms with Gasteiger partial charge in [-0.1, -0.05) is 48.5 Å². The zero-order valence-electron chi connectivity index (χ0n) is 16.0. The van der Waals surface area contributed by atoms with Crippen LogP contribution in [0.5, 0.6) is 11.5 Å². The van der Waals surface area contributed by atoms with E-state index in [1.54, 1.807) is 19.2 Å². The number of halogens is 2. The molecule has 3 aromatic carbocycles. The highest BCUT2D eigenvalue weighted by Crippen LogP contribution is 2.29. The van der Waals surface area contributed by atoms with Crippen molar-refractivity contribution in [3.8, 4) is 11.5 Å². The minimum atomic E-state index is -0.252. The lowest BCUT2D eigenvalue weighted by atomic mass is 10.1. The van der Waals surface area contributed by atoms with E-state index in [0.29, 0.717) is 18.1 Å². The lowest BCUT2D eigenvalue weighted by Gasteiger charge is -2.16. The van der Waals surface area contributed by atoms with Gasteiger partial charge in [-0.15, -0.1) is 12.4 Å². The number of benzene rings is 3. The van der Waals surface area contributed by atoms with E-state index in [1.807, 2.05) is 36.4 Å². The Balaban J connectivity index is 0.00000280. The number of hydrogen-bond donors (Lipinski definition) is 1. The maximum Gasteiger partial charge on any atom is 0.161 e. The molecular weight excluding hydrogens is 377 g/mol. The van der Waals surface area contributed by atoms with Crippen LogP contribution in [0.1, 0.15) is 29.7 Å². The van der Waals surface area contributed by atoms with E-state index in [4.69, 9.17) is 9.47 Å². The molecule has 0 saturated heterocycles. The molecule has 28 heavy (non-hydrogen) atoms. The Labute approximate surface area is 171 Å². The first-order valence-electron chi connectivity index (χ1n) is 8.98. The molecule has 0 aliphatic carbocycles. The molecular formula is C23H25ClFNO2. The zero-order chi connectivity index (χ0) is 19.1. The summed E-state index contributed by atoms with van der Waals surface area (Å²) >= 11 is 0. The molecule has 1 N–H and O–H groups in total. The molecule has 3 aromatic rings. The van der Waals surface area contributed by atoms with Gasteiger partial charge in [-0.3, -0.25) is 0 Å². The zero-order valence-corrected chi connectivity index (χ0v) is 16.8. The standard InChI is InChI=1S/C23H24FNO2.ClH/c1-17(20-6-4-3-5-7-20)25-15-19-10-13-22(23(14-19)26-2)27-16-18-8-11-21(24)12-9-18;/h3-14,17,25H,15-16H2,1-2H3;1H. The first kappa shape index (κ1) is 21.7. The number of rotatable bonds is 8. The molecule has 0 amide bonds. The average molecular weight is 402 g/mol. The molecule has 0 fully saturated rings. The van der Waals surface area contributed by atoms with Crippen LogP contribution in [-0.2, 0) is 13.2 Å². The second kappa shape index (κ2) is 10.7. The maximum absolute atomic E-state index is 13.0. The SMILES string of the molecule is COc1cc(CNC(C)c2ccccc2)ccc1OCc1ccc(F)cc1.Cl. The summed E-state index contributed by atoms with van der Waals surface area (Å²) in [7, 11) is 1.63. The summed E-state index contributed by atoms with van der Waals surface area (Å²) in [6, 6.07) is 22.8. The van der Waals surface area contributed by atoms with Crippen molar-refractivity contribution in [2.24, 2.45) is 0 Å². The summed E-state index contributed by atoms with van der Waals surface area (Å²) in [5, 5.41) is 3.52. The van der Waals surface area contributed by atoms with E-state index in [1.165, 1.54) is 17.7 Å². The Morgan fingerprint density at radius 2 is 1.57 bits per heavy atom. The van der Waals surface area contributed by atoms with E-state index in [9.17, 15) is 4.39 Å². The molecule has 1 unspecified atom stereocenters. The average Bonchev–Trinajstić information content (AvgIpc) is 2.72. The Morgan fingerprint density at radius 3 is 2.25 bits per heavy atom. The molecule has 5 heteroatoms. The smallest absolute Gasteiger partial charge is 0.161 e. The molecule has 148 valence electrons. The first-order chi connectivity index (χ1) is 13.2. The van der Waals surface area contributed by atoms with Crippen molar-refractivity contribution in [1.82, 2.24) is 5.32 Å². The number of nitrogens with one attached hydrogen (secondary N) is 1. The Hall–Kier alpha value is -2.56. The third-order valence-corrected chi connectivity index (χ3v) is 4.45. The third-order valence-electron chi connectivity index (χ3n) is 4.45. The normalized spacial score (nSPS) is 11.4. The van der Waals surface area contributed by atoms with Crippen molar-refractivity contribution in [2.75, 3.05) is 7.11 Å². The fraction of sp³-hybridized carbons (Fsp3) is 0.217. The molecule has 0 aromatic heterocycles. The summed E-state index contributed by atoms with van der Waals surface area (Å²) in [6.07, 6.45) is 0. The molecule has 0 saturated carbocycles. The van der Waals surface area contributed by atoms with Gasteiger partial charge in [-0.25, -0.2) is 4.39 Å². The van der Waals surface area contributed by atoms with Crippen LogP contribution in [0.3, 0.4) is 0 Å². The van der Waals surface area contributed by atoms with Crippen LogP contribution in [0.4, 0.5) is 4.39 Å². The van der Waals surface area contributed by atoms with Crippen molar-refractivity contribution >= 4 is 12.4 Å². The first-order valence-corrected chi connectivity index (χ1v) is 8.98. The molecule has 0 bridgehead atoms.